The van der Waals surface area contributed by atoms with E-state index < -0.39 is 36.1 Å². The highest BCUT2D eigenvalue weighted by molar-refractivity contribution is 8.00. The minimum absolute atomic E-state index is 0.000248. The van der Waals surface area contributed by atoms with E-state index in [1.165, 1.54) is 17.0 Å². The highest BCUT2D eigenvalue weighted by atomic mass is 32.2. The molecule has 2 bridgehead atoms. The van der Waals surface area contributed by atoms with E-state index in [1.54, 1.807) is 24.8 Å². The van der Waals surface area contributed by atoms with Crippen LogP contribution in [0.2, 0.25) is 0 Å². The van der Waals surface area contributed by atoms with Gasteiger partial charge in [0.25, 0.3) is 5.91 Å². The van der Waals surface area contributed by atoms with Crippen LogP contribution in [0.15, 0.2) is 76.6 Å². The van der Waals surface area contributed by atoms with Crippen LogP contribution in [0.3, 0.4) is 0 Å². The number of imide groups is 1. The fraction of sp³-hybridized carbons (Fsp3) is 0.351. The number of aromatic amines is 1. The number of benzene rings is 3. The summed E-state index contributed by atoms with van der Waals surface area (Å²) in [6.07, 6.45) is -3.81. The van der Waals surface area contributed by atoms with E-state index in [0.717, 1.165) is 50.9 Å². The molecule has 14 heteroatoms. The summed E-state index contributed by atoms with van der Waals surface area (Å²) in [5, 5.41) is 3.22. The lowest BCUT2D eigenvalue weighted by Crippen LogP contribution is -2.42. The molecular formula is C37H32F3N3O6S2. The summed E-state index contributed by atoms with van der Waals surface area (Å²) < 4.78 is 51.2. The predicted octanol–water partition coefficient (Wildman–Crippen LogP) is 6.86. The van der Waals surface area contributed by atoms with Crippen LogP contribution in [-0.2, 0) is 20.6 Å². The number of hydrogen-bond donors (Lipinski definition) is 2. The highest BCUT2D eigenvalue weighted by Crippen LogP contribution is 2.68. The van der Waals surface area contributed by atoms with Crippen molar-refractivity contribution >= 4 is 52.2 Å². The van der Waals surface area contributed by atoms with Gasteiger partial charge in [-0.25, -0.2) is 0 Å². The Labute approximate surface area is 298 Å². The molecule has 8 rings (SSSR count). The Morgan fingerprint density at radius 3 is 2.43 bits per heavy atom. The van der Waals surface area contributed by atoms with Crippen molar-refractivity contribution in [2.75, 3.05) is 23.4 Å². The number of H-pyrrole nitrogens is 1. The summed E-state index contributed by atoms with van der Waals surface area (Å²) in [6.45, 7) is 3.56. The Bertz CT molecular complexity index is 2110. The molecule has 0 radical (unpaired) electrons. The largest absolute Gasteiger partial charge is 0.490 e. The van der Waals surface area contributed by atoms with Crippen molar-refractivity contribution in [3.05, 3.63) is 98.0 Å². The molecule has 0 spiro atoms. The van der Waals surface area contributed by atoms with Crippen LogP contribution in [-0.4, -0.2) is 41.2 Å². The third kappa shape index (κ3) is 5.72. The van der Waals surface area contributed by atoms with Crippen molar-refractivity contribution in [2.24, 2.45) is 29.6 Å². The lowest BCUT2D eigenvalue weighted by molar-refractivity contribution is -0.137. The quantitative estimate of drug-likeness (QED) is 0.190. The number of alkyl halides is 3. The molecule has 264 valence electrons. The summed E-state index contributed by atoms with van der Waals surface area (Å²) >= 11 is 2.75. The SMILES string of the molecule is CCOc1cc([C@H]2c3sc(=O)[nH]c3SC3C2[C@H]2C[C@@H]3C3C(=O)N(c4ccc(C)cc4)C(=O)C32)ccc1OCC(=O)Nc1cccc(C(F)(F)F)c1. The van der Waals surface area contributed by atoms with Crippen LogP contribution >= 0.6 is 23.1 Å². The lowest BCUT2D eigenvalue weighted by atomic mass is 9.68. The maximum atomic E-state index is 14.1. The molecule has 2 aliphatic heterocycles. The molecule has 9 nitrogen and oxygen atoms in total. The molecule has 4 aliphatic rings. The lowest BCUT2D eigenvalue weighted by Gasteiger charge is -2.43. The number of thiazole rings is 1. The first-order valence-electron chi connectivity index (χ1n) is 16.6. The van der Waals surface area contributed by atoms with Gasteiger partial charge in [0, 0.05) is 21.7 Å². The number of thioether (sulfide) groups is 1. The van der Waals surface area contributed by atoms with E-state index in [9.17, 15) is 32.3 Å². The van der Waals surface area contributed by atoms with Crippen molar-refractivity contribution in [2.45, 2.75) is 42.6 Å². The summed E-state index contributed by atoms with van der Waals surface area (Å²) in [6, 6.07) is 17.1. The minimum Gasteiger partial charge on any atom is -0.490 e. The third-order valence-electron chi connectivity index (χ3n) is 10.5. The van der Waals surface area contributed by atoms with Crippen LogP contribution in [0, 0.1) is 36.5 Å². The van der Waals surface area contributed by atoms with Crippen molar-refractivity contribution < 1.29 is 37.0 Å². The maximum absolute atomic E-state index is 14.1. The van der Waals surface area contributed by atoms with Gasteiger partial charge in [-0.15, -0.1) is 11.8 Å². The molecule has 2 aliphatic carbocycles. The molecule has 4 aromatic rings. The number of rotatable bonds is 8. The van der Waals surface area contributed by atoms with Gasteiger partial charge in [0.15, 0.2) is 18.1 Å². The molecule has 3 fully saturated rings. The first-order valence-corrected chi connectivity index (χ1v) is 18.3. The van der Waals surface area contributed by atoms with Gasteiger partial charge in [0.05, 0.1) is 34.7 Å². The van der Waals surface area contributed by atoms with Crippen molar-refractivity contribution in [1.82, 2.24) is 4.98 Å². The number of aromatic nitrogens is 1. The standard InChI is InChI=1S/C37H32F3N3O6S2/c1-3-48-25-13-18(9-12-24(25)49-16-26(44)41-20-6-4-5-19(14-20)37(38,39)40)27-28-22-15-23(31(28)50-33-32(27)51-36(47)42-33)30-29(22)34(45)43(35(30)46)21-10-7-17(2)8-11-21/h4-14,22-23,27-31H,3,15-16H2,1-2H3,(H,41,44)(H,42,47)/t22-,23-,27-,28?,29?,30?,31?/m1/s1. The van der Waals surface area contributed by atoms with E-state index in [0.29, 0.717) is 11.4 Å². The van der Waals surface area contributed by atoms with Gasteiger partial charge in [-0.3, -0.25) is 24.1 Å². The first-order chi connectivity index (χ1) is 24.4. The molecule has 4 unspecified atom stereocenters. The van der Waals surface area contributed by atoms with Crippen LogP contribution in [0.4, 0.5) is 24.5 Å². The fourth-order valence-electron chi connectivity index (χ4n) is 8.56. The molecule has 2 N–H and O–H groups in total. The molecule has 1 aromatic heterocycles. The number of nitrogens with one attached hydrogen (secondary N) is 2. The number of fused-ring (bicyclic) bond motifs is 9. The van der Waals surface area contributed by atoms with Crippen LogP contribution in [0.1, 0.15) is 40.8 Å². The van der Waals surface area contributed by atoms with E-state index in [1.807, 2.05) is 43.3 Å². The zero-order valence-electron chi connectivity index (χ0n) is 27.4. The normalized spacial score (nSPS) is 26.1. The summed E-state index contributed by atoms with van der Waals surface area (Å²) in [7, 11) is 0. The van der Waals surface area contributed by atoms with Crippen LogP contribution in [0.25, 0.3) is 0 Å². The average molecular weight is 736 g/mol. The van der Waals surface area contributed by atoms with Gasteiger partial charge in [-0.05, 0) is 86.1 Å². The van der Waals surface area contributed by atoms with E-state index in [-0.39, 0.29) is 63.7 Å². The van der Waals surface area contributed by atoms with Gasteiger partial charge < -0.3 is 19.8 Å². The monoisotopic (exact) mass is 735 g/mol. The summed E-state index contributed by atoms with van der Waals surface area (Å²) in [4.78, 5) is 58.4. The van der Waals surface area contributed by atoms with Crippen molar-refractivity contribution in [3.63, 3.8) is 0 Å². The zero-order valence-corrected chi connectivity index (χ0v) is 29.0. The second-order valence-electron chi connectivity index (χ2n) is 13.4. The van der Waals surface area contributed by atoms with Gasteiger partial charge in [-0.2, -0.15) is 13.2 Å². The first kappa shape index (κ1) is 33.6. The highest BCUT2D eigenvalue weighted by Gasteiger charge is 2.69. The number of aryl methyl sites for hydroxylation is 1. The molecule has 2 saturated carbocycles. The van der Waals surface area contributed by atoms with Crippen LogP contribution in [0.5, 0.6) is 11.5 Å². The number of amides is 3. The number of carbonyl (C=O) groups is 3. The molecule has 51 heavy (non-hydrogen) atoms. The molecule has 1 saturated heterocycles. The van der Waals surface area contributed by atoms with E-state index >= 15 is 0 Å². The summed E-state index contributed by atoms with van der Waals surface area (Å²) in [5.74, 6) is -1.62. The second kappa shape index (κ2) is 12.6. The molecular weight excluding hydrogens is 704 g/mol. The fourth-order valence-corrected chi connectivity index (χ4v) is 11.4. The van der Waals surface area contributed by atoms with Gasteiger partial charge in [0.2, 0.25) is 11.8 Å². The van der Waals surface area contributed by atoms with Gasteiger partial charge >= 0.3 is 11.0 Å². The molecule has 3 amide bonds. The predicted molar refractivity (Wildman–Crippen MR) is 185 cm³/mol. The zero-order chi connectivity index (χ0) is 35.8. The maximum Gasteiger partial charge on any atom is 0.416 e. The Morgan fingerprint density at radius 2 is 1.71 bits per heavy atom. The third-order valence-corrected chi connectivity index (χ3v) is 13.1. The van der Waals surface area contributed by atoms with E-state index in [2.05, 4.69) is 10.3 Å². The van der Waals surface area contributed by atoms with Crippen molar-refractivity contribution in [3.8, 4) is 11.5 Å². The molecule has 3 heterocycles. The average Bonchev–Trinajstić information content (AvgIpc) is 3.83. The van der Waals surface area contributed by atoms with E-state index in [4.69, 9.17) is 9.47 Å². The van der Waals surface area contributed by atoms with Crippen molar-refractivity contribution in [1.29, 1.82) is 0 Å². The Hall–Kier alpha value is -4.56. The van der Waals surface area contributed by atoms with Gasteiger partial charge in [-0.1, -0.05) is 41.2 Å². The molecule has 7 atom stereocenters. The second-order valence-corrected chi connectivity index (χ2v) is 15.6. The smallest absolute Gasteiger partial charge is 0.416 e. The number of nitrogens with zero attached hydrogens (tertiary/aromatic N) is 1. The Balaban J connectivity index is 1.07. The topological polar surface area (TPSA) is 118 Å². The number of hydrogen-bond acceptors (Lipinski definition) is 8. The minimum atomic E-state index is -4.55. The number of anilines is 2. The Kier molecular flexibility index (Phi) is 8.29. The molecule has 3 aromatic carbocycles. The number of halogens is 3. The van der Waals surface area contributed by atoms with Gasteiger partial charge in [0.1, 0.15) is 0 Å². The summed E-state index contributed by atoms with van der Waals surface area (Å²) in [5.41, 5.74) is 1.57. The van der Waals surface area contributed by atoms with Crippen LogP contribution < -0.4 is 24.6 Å². The number of carbonyl (C=O) groups excluding carboxylic acids is 3. The number of ether oxygens (including phenoxy) is 2. The Morgan fingerprint density at radius 1 is 0.961 bits per heavy atom.